The Bertz CT molecular complexity index is 1060. The van der Waals surface area contributed by atoms with Crippen LogP contribution in [0, 0.1) is 0 Å². The Labute approximate surface area is 185 Å². The van der Waals surface area contributed by atoms with E-state index in [-0.39, 0.29) is 29.2 Å². The van der Waals surface area contributed by atoms with Crippen LogP contribution in [0.1, 0.15) is 23.4 Å². The van der Waals surface area contributed by atoms with Gasteiger partial charge in [0.2, 0.25) is 5.76 Å². The van der Waals surface area contributed by atoms with Gasteiger partial charge in [-0.15, -0.1) is 0 Å². The molecule has 1 fully saturated rings. The van der Waals surface area contributed by atoms with Crippen LogP contribution < -0.4 is 19.9 Å². The quantitative estimate of drug-likeness (QED) is 0.537. The van der Waals surface area contributed by atoms with E-state index in [9.17, 15) is 15.0 Å². The first-order valence-corrected chi connectivity index (χ1v) is 10.4. The highest BCUT2D eigenvalue weighted by atomic mass is 16.5. The van der Waals surface area contributed by atoms with E-state index in [0.29, 0.717) is 43.1 Å². The summed E-state index contributed by atoms with van der Waals surface area (Å²) in [5.74, 6) is 0.702. The summed E-state index contributed by atoms with van der Waals surface area (Å²) in [6.07, 6.45) is 2.79. The topological polar surface area (TPSA) is 111 Å². The number of anilines is 2. The van der Waals surface area contributed by atoms with E-state index >= 15 is 0 Å². The number of aromatic hydroxyl groups is 2. The molecule has 1 saturated heterocycles. The molecule has 9 nitrogen and oxygen atoms in total. The molecule has 3 aromatic rings. The number of nitrogens with one attached hydrogen (secondary N) is 1. The van der Waals surface area contributed by atoms with Crippen molar-refractivity contribution in [2.75, 3.05) is 37.0 Å². The fourth-order valence-electron chi connectivity index (χ4n) is 3.75. The molecule has 0 bridgehead atoms. The van der Waals surface area contributed by atoms with Crippen LogP contribution in [-0.4, -0.2) is 54.5 Å². The molecule has 1 aliphatic heterocycles. The number of ether oxygens (including phenoxy) is 1. The fraction of sp³-hybridized carbons (Fsp3) is 0.304. The molecule has 0 spiro atoms. The molecular formula is C23H26N4O5. The van der Waals surface area contributed by atoms with Crippen LogP contribution in [0.15, 0.2) is 53.2 Å². The van der Waals surface area contributed by atoms with E-state index < -0.39 is 0 Å². The molecule has 0 unspecified atom stereocenters. The molecule has 0 aliphatic carbocycles. The predicted octanol–water partition coefficient (Wildman–Crippen LogP) is 3.34. The van der Waals surface area contributed by atoms with E-state index in [1.807, 2.05) is 48.2 Å². The standard InChI is InChI=1S/C23H26N4O5/c1-26(2)16-3-5-18(6-4-16)31-21-14-17(28)13-19(29)22(21)27-11-8-15(9-12-27)25-23(30)20-7-10-24-32-20/h3-7,10,13-15,28-29H,8-9,11-12H2,1-2H3,(H,25,30). The summed E-state index contributed by atoms with van der Waals surface area (Å²) in [5, 5.41) is 27.1. The summed E-state index contributed by atoms with van der Waals surface area (Å²) >= 11 is 0. The van der Waals surface area contributed by atoms with Crippen molar-refractivity contribution < 1.29 is 24.3 Å². The van der Waals surface area contributed by atoms with E-state index in [2.05, 4.69) is 10.5 Å². The maximum Gasteiger partial charge on any atom is 0.290 e. The molecule has 1 aliphatic rings. The van der Waals surface area contributed by atoms with Gasteiger partial charge in [-0.3, -0.25) is 4.79 Å². The number of piperidine rings is 1. The Morgan fingerprint density at radius 1 is 1.16 bits per heavy atom. The molecule has 2 heterocycles. The average molecular weight is 438 g/mol. The molecule has 168 valence electrons. The number of phenolic OH excluding ortho intramolecular Hbond substituents is 2. The van der Waals surface area contributed by atoms with Gasteiger partial charge in [-0.2, -0.15) is 0 Å². The number of rotatable bonds is 6. The van der Waals surface area contributed by atoms with Gasteiger partial charge in [0.05, 0.1) is 6.20 Å². The fourth-order valence-corrected chi connectivity index (χ4v) is 3.75. The molecule has 2 aromatic carbocycles. The van der Waals surface area contributed by atoms with Gasteiger partial charge in [0, 0.05) is 57.1 Å². The van der Waals surface area contributed by atoms with Gasteiger partial charge in [-0.25, -0.2) is 0 Å². The summed E-state index contributed by atoms with van der Waals surface area (Å²) < 4.78 is 10.9. The second-order valence-electron chi connectivity index (χ2n) is 7.91. The molecule has 0 radical (unpaired) electrons. The van der Waals surface area contributed by atoms with Gasteiger partial charge >= 0.3 is 0 Å². The molecule has 9 heteroatoms. The zero-order valence-electron chi connectivity index (χ0n) is 18.0. The zero-order valence-corrected chi connectivity index (χ0v) is 18.0. The third-order valence-corrected chi connectivity index (χ3v) is 5.43. The minimum absolute atomic E-state index is 0.0222. The van der Waals surface area contributed by atoms with Crippen molar-refractivity contribution in [3.8, 4) is 23.0 Å². The van der Waals surface area contributed by atoms with Crippen LogP contribution in [0.2, 0.25) is 0 Å². The molecule has 3 N–H and O–H groups in total. The van der Waals surface area contributed by atoms with E-state index in [1.54, 1.807) is 0 Å². The van der Waals surface area contributed by atoms with Gasteiger partial charge in [0.15, 0.2) is 5.75 Å². The van der Waals surface area contributed by atoms with E-state index in [4.69, 9.17) is 9.26 Å². The Kier molecular flexibility index (Phi) is 6.07. The number of hydrogen-bond acceptors (Lipinski definition) is 8. The van der Waals surface area contributed by atoms with Crippen LogP contribution in [0.5, 0.6) is 23.0 Å². The van der Waals surface area contributed by atoms with Crippen molar-refractivity contribution in [1.82, 2.24) is 10.5 Å². The summed E-state index contributed by atoms with van der Waals surface area (Å²) in [5.41, 5.74) is 1.55. The van der Waals surface area contributed by atoms with Gasteiger partial charge in [0.25, 0.3) is 5.91 Å². The van der Waals surface area contributed by atoms with Gasteiger partial charge in [0.1, 0.15) is 22.9 Å². The Morgan fingerprint density at radius 3 is 2.50 bits per heavy atom. The Hall–Kier alpha value is -3.88. The molecule has 0 atom stereocenters. The second-order valence-corrected chi connectivity index (χ2v) is 7.91. The van der Waals surface area contributed by atoms with Crippen molar-refractivity contribution in [2.45, 2.75) is 18.9 Å². The van der Waals surface area contributed by atoms with Crippen molar-refractivity contribution in [3.05, 3.63) is 54.4 Å². The highest BCUT2D eigenvalue weighted by Gasteiger charge is 2.26. The van der Waals surface area contributed by atoms with Crippen molar-refractivity contribution in [1.29, 1.82) is 0 Å². The van der Waals surface area contributed by atoms with Crippen molar-refractivity contribution >= 4 is 17.3 Å². The lowest BCUT2D eigenvalue weighted by Gasteiger charge is -2.35. The number of amides is 1. The summed E-state index contributed by atoms with van der Waals surface area (Å²) in [7, 11) is 3.91. The van der Waals surface area contributed by atoms with Crippen molar-refractivity contribution in [2.24, 2.45) is 0 Å². The summed E-state index contributed by atoms with van der Waals surface area (Å²) in [4.78, 5) is 16.2. The van der Waals surface area contributed by atoms with Gasteiger partial charge < -0.3 is 34.6 Å². The van der Waals surface area contributed by atoms with E-state index in [0.717, 1.165) is 5.69 Å². The first-order chi connectivity index (χ1) is 15.4. The number of benzene rings is 2. The summed E-state index contributed by atoms with van der Waals surface area (Å²) in [6.45, 7) is 1.19. The van der Waals surface area contributed by atoms with Crippen LogP contribution in [0.3, 0.4) is 0 Å². The predicted molar refractivity (Wildman–Crippen MR) is 120 cm³/mol. The van der Waals surface area contributed by atoms with Crippen LogP contribution in [-0.2, 0) is 0 Å². The molecule has 4 rings (SSSR count). The first-order valence-electron chi connectivity index (χ1n) is 10.4. The third kappa shape index (κ3) is 4.72. The van der Waals surface area contributed by atoms with Crippen LogP contribution >= 0.6 is 0 Å². The second kappa shape index (κ2) is 9.09. The molecule has 0 saturated carbocycles. The van der Waals surface area contributed by atoms with Gasteiger partial charge in [-0.05, 0) is 37.1 Å². The normalized spacial score (nSPS) is 14.2. The largest absolute Gasteiger partial charge is 0.508 e. The number of aromatic nitrogens is 1. The highest BCUT2D eigenvalue weighted by Crippen LogP contribution is 2.43. The number of carbonyl (C=O) groups excluding carboxylic acids is 1. The molecular weight excluding hydrogens is 412 g/mol. The average Bonchev–Trinajstić information content (AvgIpc) is 3.30. The monoisotopic (exact) mass is 438 g/mol. The summed E-state index contributed by atoms with van der Waals surface area (Å²) in [6, 6.07) is 11.8. The van der Waals surface area contributed by atoms with Crippen molar-refractivity contribution in [3.63, 3.8) is 0 Å². The lowest BCUT2D eigenvalue weighted by molar-refractivity contribution is 0.0893. The van der Waals surface area contributed by atoms with Crippen LogP contribution in [0.25, 0.3) is 0 Å². The SMILES string of the molecule is CN(C)c1ccc(Oc2cc(O)cc(O)c2N2CCC(NC(=O)c3ccno3)CC2)cc1. The third-order valence-electron chi connectivity index (χ3n) is 5.43. The van der Waals surface area contributed by atoms with E-state index in [1.165, 1.54) is 24.4 Å². The molecule has 1 amide bonds. The minimum Gasteiger partial charge on any atom is -0.508 e. The maximum atomic E-state index is 12.2. The van der Waals surface area contributed by atoms with Crippen LogP contribution in [0.4, 0.5) is 11.4 Å². The zero-order chi connectivity index (χ0) is 22.7. The number of carbonyl (C=O) groups is 1. The number of phenols is 2. The Balaban J connectivity index is 1.47. The van der Waals surface area contributed by atoms with Gasteiger partial charge in [-0.1, -0.05) is 5.16 Å². The minimum atomic E-state index is -0.293. The lowest BCUT2D eigenvalue weighted by atomic mass is 10.0. The lowest BCUT2D eigenvalue weighted by Crippen LogP contribution is -2.44. The first kappa shape index (κ1) is 21.4. The number of nitrogens with zero attached hydrogens (tertiary/aromatic N) is 3. The smallest absolute Gasteiger partial charge is 0.290 e. The number of hydrogen-bond donors (Lipinski definition) is 3. The Morgan fingerprint density at radius 2 is 1.88 bits per heavy atom. The highest BCUT2D eigenvalue weighted by molar-refractivity contribution is 5.91. The maximum absolute atomic E-state index is 12.2. The molecule has 32 heavy (non-hydrogen) atoms. The molecule has 1 aromatic heterocycles.